The third-order valence-corrected chi connectivity index (χ3v) is 9.90. The average Bonchev–Trinajstić information content (AvgIpc) is 3.87. The number of nitrogens with one attached hydrogen (secondary N) is 4. The Labute approximate surface area is 299 Å². The lowest BCUT2D eigenvalue weighted by Crippen LogP contribution is -2.60. The molecule has 1 saturated carbocycles. The van der Waals surface area contributed by atoms with Crippen molar-refractivity contribution in [2.24, 2.45) is 11.8 Å². The molecule has 0 spiro atoms. The maximum absolute atomic E-state index is 12.9. The molecule has 1 atom stereocenters. The highest BCUT2D eigenvalue weighted by molar-refractivity contribution is 6.39. The Balaban J connectivity index is 1.20. The predicted molar refractivity (Wildman–Crippen MR) is 195 cm³/mol. The fourth-order valence-electron chi connectivity index (χ4n) is 7.03. The fraction of sp³-hybridized carbons (Fsp3) is 0.400. The van der Waals surface area contributed by atoms with Gasteiger partial charge in [-0.25, -0.2) is 4.98 Å². The van der Waals surface area contributed by atoms with Gasteiger partial charge in [0.05, 0.1) is 56.7 Å². The molecule has 1 unspecified atom stereocenters. The molecule has 3 aliphatic rings. The molecule has 51 heavy (non-hydrogen) atoms. The van der Waals surface area contributed by atoms with Crippen LogP contribution in [0.2, 0.25) is 0 Å². The first-order valence-corrected chi connectivity index (χ1v) is 17.1. The quantitative estimate of drug-likeness (QED) is 0.183. The highest BCUT2D eigenvalue weighted by Crippen LogP contribution is 2.51. The first kappa shape index (κ1) is 34.2. The van der Waals surface area contributed by atoms with Crippen LogP contribution < -0.4 is 26.2 Å². The lowest BCUT2D eigenvalue weighted by Gasteiger charge is -2.51. The SMILES string of the molecule is [B]C([B])(c1cccc(C(=O)NC)n1)N1CC(n2ncc3c2C(C(C)C)N(C)c2c(Nc4cc(NC(=O)C5CC5)nnc4C(=O)NC)cccc2-3)C1. The van der Waals surface area contributed by atoms with Crippen molar-refractivity contribution in [2.75, 3.05) is 49.8 Å². The molecule has 4 radical (unpaired) electrons. The number of para-hydroxylation sites is 1. The number of carbonyl (C=O) groups excluding carboxylic acids is 3. The number of hydrogen-bond acceptors (Lipinski definition) is 10. The van der Waals surface area contributed by atoms with Gasteiger partial charge in [0, 0.05) is 63.0 Å². The second kappa shape index (κ2) is 13.1. The Kier molecular flexibility index (Phi) is 8.82. The number of amides is 3. The van der Waals surface area contributed by atoms with Crippen LogP contribution in [0, 0.1) is 11.8 Å². The molecule has 2 aliphatic heterocycles. The van der Waals surface area contributed by atoms with Gasteiger partial charge in [-0.05, 0) is 42.3 Å². The zero-order chi connectivity index (χ0) is 36.2. The zero-order valence-corrected chi connectivity index (χ0v) is 29.3. The molecule has 1 aromatic carbocycles. The highest BCUT2D eigenvalue weighted by Gasteiger charge is 2.43. The number of carbonyl (C=O) groups is 3. The van der Waals surface area contributed by atoms with Gasteiger partial charge < -0.3 is 31.1 Å². The van der Waals surface area contributed by atoms with E-state index in [1.54, 1.807) is 31.3 Å². The van der Waals surface area contributed by atoms with E-state index in [-0.39, 0.29) is 52.9 Å². The number of anilines is 4. The molecule has 1 saturated heterocycles. The van der Waals surface area contributed by atoms with Crippen LogP contribution in [0.3, 0.4) is 0 Å². The molecular weight excluding hydrogens is 644 g/mol. The Morgan fingerprint density at radius 2 is 1.67 bits per heavy atom. The minimum atomic E-state index is -1.38. The van der Waals surface area contributed by atoms with Gasteiger partial charge in [0.25, 0.3) is 11.8 Å². The molecule has 7 rings (SSSR count). The third kappa shape index (κ3) is 6.11. The topological polar surface area (TPSA) is 162 Å². The summed E-state index contributed by atoms with van der Waals surface area (Å²) in [6, 6.07) is 12.6. The van der Waals surface area contributed by atoms with Crippen molar-refractivity contribution in [2.45, 2.75) is 44.1 Å². The van der Waals surface area contributed by atoms with Crippen LogP contribution in [-0.4, -0.2) is 97.5 Å². The normalized spacial score (nSPS) is 17.3. The van der Waals surface area contributed by atoms with E-state index < -0.39 is 11.2 Å². The van der Waals surface area contributed by atoms with Crippen molar-refractivity contribution < 1.29 is 14.4 Å². The Hall–Kier alpha value is -5.24. The number of hydrogen-bond donors (Lipinski definition) is 4. The number of likely N-dealkylation sites (tertiary alicyclic amines) is 1. The lowest BCUT2D eigenvalue weighted by atomic mass is 9.57. The third-order valence-electron chi connectivity index (χ3n) is 9.90. The van der Waals surface area contributed by atoms with Crippen molar-refractivity contribution in [3.8, 4) is 11.1 Å². The second-order valence-electron chi connectivity index (χ2n) is 13.7. The maximum atomic E-state index is 12.9. The molecule has 3 amide bonds. The van der Waals surface area contributed by atoms with E-state index in [1.165, 1.54) is 7.05 Å². The van der Waals surface area contributed by atoms with Gasteiger partial charge in [0.15, 0.2) is 11.5 Å². The summed E-state index contributed by atoms with van der Waals surface area (Å²) in [4.78, 5) is 46.2. The summed E-state index contributed by atoms with van der Waals surface area (Å²) in [7, 11) is 18.4. The monoisotopic (exact) mass is 683 g/mol. The van der Waals surface area contributed by atoms with Gasteiger partial charge in [0.1, 0.15) is 5.69 Å². The molecular formula is C35H39B2N11O3. The van der Waals surface area contributed by atoms with Gasteiger partial charge in [-0.15, -0.1) is 10.2 Å². The van der Waals surface area contributed by atoms with Crippen molar-refractivity contribution in [3.05, 3.63) is 71.4 Å². The van der Waals surface area contributed by atoms with Crippen LogP contribution in [0.25, 0.3) is 11.1 Å². The molecule has 258 valence electrons. The van der Waals surface area contributed by atoms with E-state index in [0.29, 0.717) is 24.5 Å². The number of rotatable bonds is 10. The summed E-state index contributed by atoms with van der Waals surface area (Å²) in [6.07, 6.45) is 3.61. The summed E-state index contributed by atoms with van der Waals surface area (Å²) in [5, 5.41) is 23.3. The van der Waals surface area contributed by atoms with Crippen LogP contribution >= 0.6 is 0 Å². The summed E-state index contributed by atoms with van der Waals surface area (Å²) < 4.78 is 2.09. The van der Waals surface area contributed by atoms with Crippen LogP contribution in [0.15, 0.2) is 48.7 Å². The minimum Gasteiger partial charge on any atom is -0.364 e. The number of nitrogens with zero attached hydrogens (tertiary/aromatic N) is 7. The van der Waals surface area contributed by atoms with E-state index in [1.807, 2.05) is 23.2 Å². The molecule has 4 aromatic rings. The Morgan fingerprint density at radius 3 is 2.35 bits per heavy atom. The van der Waals surface area contributed by atoms with E-state index in [2.05, 4.69) is 73.0 Å². The van der Waals surface area contributed by atoms with E-state index in [4.69, 9.17) is 20.8 Å². The van der Waals surface area contributed by atoms with Crippen LogP contribution in [0.5, 0.6) is 0 Å². The number of fused-ring (bicyclic) bond motifs is 3. The molecule has 3 aromatic heterocycles. The van der Waals surface area contributed by atoms with E-state index >= 15 is 0 Å². The summed E-state index contributed by atoms with van der Waals surface area (Å²) in [6.45, 7) is 5.43. The largest absolute Gasteiger partial charge is 0.364 e. The van der Waals surface area contributed by atoms with Crippen molar-refractivity contribution in [1.29, 1.82) is 0 Å². The molecule has 14 nitrogen and oxygen atoms in total. The summed E-state index contributed by atoms with van der Waals surface area (Å²) >= 11 is 0. The van der Waals surface area contributed by atoms with Crippen molar-refractivity contribution in [1.82, 2.24) is 40.5 Å². The number of aromatic nitrogens is 5. The molecule has 1 aliphatic carbocycles. The van der Waals surface area contributed by atoms with Gasteiger partial charge in [0.2, 0.25) is 5.91 Å². The van der Waals surface area contributed by atoms with Crippen LogP contribution in [0.4, 0.5) is 22.9 Å². The summed E-state index contributed by atoms with van der Waals surface area (Å²) in [5.41, 5.74) is 5.93. The average molecular weight is 683 g/mol. The lowest BCUT2D eigenvalue weighted by molar-refractivity contribution is -0.117. The number of pyridine rings is 1. The standard InChI is InChI=1S/C35H39B2N11O3/c1-18(2)29-31-22(15-40-48(31)20-16-47(17-20)35(36,37)26-11-7-10-24(42-26)33(50)38-3)21-8-6-9-23(30(21)46(29)5)41-25-14-27(43-32(49)19-12-13-19)44-45-28(25)34(51)39-4/h6-11,14-15,18-20,29H,12-13,16-17H2,1-5H3,(H,38,50)(H,39,51)(H2,41,43,44,49). The van der Waals surface area contributed by atoms with E-state index in [0.717, 1.165) is 41.0 Å². The predicted octanol–water partition coefficient (Wildman–Crippen LogP) is 2.70. The molecule has 0 bridgehead atoms. The first-order chi connectivity index (χ1) is 24.4. The van der Waals surface area contributed by atoms with E-state index in [9.17, 15) is 14.4 Å². The Bertz CT molecular complexity index is 2020. The smallest absolute Gasteiger partial charge is 0.273 e. The molecule has 2 fully saturated rings. The van der Waals surface area contributed by atoms with Gasteiger partial charge in [-0.2, -0.15) is 5.10 Å². The van der Waals surface area contributed by atoms with Crippen molar-refractivity contribution in [3.63, 3.8) is 0 Å². The summed E-state index contributed by atoms with van der Waals surface area (Å²) in [5.74, 6) is -0.377. The van der Waals surface area contributed by atoms with Crippen molar-refractivity contribution >= 4 is 56.3 Å². The van der Waals surface area contributed by atoms with Gasteiger partial charge >= 0.3 is 0 Å². The molecule has 16 heteroatoms. The molecule has 5 heterocycles. The first-order valence-electron chi connectivity index (χ1n) is 17.1. The Morgan fingerprint density at radius 1 is 0.941 bits per heavy atom. The minimum absolute atomic E-state index is 0.00198. The fourth-order valence-corrected chi connectivity index (χ4v) is 7.03. The zero-order valence-electron chi connectivity index (χ0n) is 29.3. The van der Waals surface area contributed by atoms with Gasteiger partial charge in [-0.1, -0.05) is 32.0 Å². The number of benzene rings is 1. The molecule has 4 N–H and O–H groups in total. The van der Waals surface area contributed by atoms with Crippen LogP contribution in [0.1, 0.15) is 71.1 Å². The second-order valence-corrected chi connectivity index (χ2v) is 13.7. The van der Waals surface area contributed by atoms with Crippen LogP contribution in [-0.2, 0) is 10.1 Å². The van der Waals surface area contributed by atoms with Gasteiger partial charge in [-0.3, -0.25) is 19.1 Å². The maximum Gasteiger partial charge on any atom is 0.273 e. The highest BCUT2D eigenvalue weighted by atomic mass is 16.2.